The monoisotopic (exact) mass is 381 g/mol. The third kappa shape index (κ3) is 3.52. The van der Waals surface area contributed by atoms with Gasteiger partial charge >= 0.3 is 0 Å². The van der Waals surface area contributed by atoms with Gasteiger partial charge in [0, 0.05) is 44.1 Å². The SMILES string of the molecule is O=C(CC1CCN(C(=O)c2ccc3oc(C4CC4)nc3c2)CC1)N1CCCC1. The van der Waals surface area contributed by atoms with Crippen molar-refractivity contribution in [1.29, 1.82) is 0 Å². The van der Waals surface area contributed by atoms with Gasteiger partial charge in [0.25, 0.3) is 5.91 Å². The quantitative estimate of drug-likeness (QED) is 0.812. The molecule has 3 aliphatic rings. The van der Waals surface area contributed by atoms with Crippen LogP contribution in [0.1, 0.15) is 67.1 Å². The van der Waals surface area contributed by atoms with Gasteiger partial charge in [-0.1, -0.05) is 0 Å². The number of carbonyl (C=O) groups excluding carboxylic acids is 2. The first kappa shape index (κ1) is 17.7. The van der Waals surface area contributed by atoms with E-state index in [1.54, 1.807) is 0 Å². The van der Waals surface area contributed by atoms with Crippen molar-refractivity contribution in [1.82, 2.24) is 14.8 Å². The molecule has 0 N–H and O–H groups in total. The Morgan fingerprint density at radius 2 is 1.75 bits per heavy atom. The number of aromatic nitrogens is 1. The Bertz CT molecular complexity index is 888. The second-order valence-electron chi connectivity index (χ2n) is 8.54. The van der Waals surface area contributed by atoms with E-state index in [4.69, 9.17) is 4.42 Å². The summed E-state index contributed by atoms with van der Waals surface area (Å²) in [5.74, 6) is 2.03. The number of oxazole rings is 1. The molecule has 5 rings (SSSR count). The summed E-state index contributed by atoms with van der Waals surface area (Å²) >= 11 is 0. The summed E-state index contributed by atoms with van der Waals surface area (Å²) in [6, 6.07) is 5.56. The first-order chi connectivity index (χ1) is 13.7. The minimum atomic E-state index is 0.0576. The number of carbonyl (C=O) groups is 2. The van der Waals surface area contributed by atoms with E-state index in [0.29, 0.717) is 29.7 Å². The molecule has 1 aromatic heterocycles. The lowest BCUT2D eigenvalue weighted by atomic mass is 9.92. The van der Waals surface area contributed by atoms with Gasteiger partial charge in [0.05, 0.1) is 0 Å². The predicted molar refractivity (Wildman–Crippen MR) is 105 cm³/mol. The van der Waals surface area contributed by atoms with Gasteiger partial charge in [-0.15, -0.1) is 0 Å². The minimum absolute atomic E-state index is 0.0576. The van der Waals surface area contributed by atoms with Gasteiger partial charge in [0.15, 0.2) is 11.5 Å². The second kappa shape index (κ2) is 7.22. The zero-order valence-electron chi connectivity index (χ0n) is 16.2. The van der Waals surface area contributed by atoms with Crippen molar-refractivity contribution >= 4 is 22.9 Å². The number of hydrogen-bond donors (Lipinski definition) is 0. The third-order valence-electron chi connectivity index (χ3n) is 6.40. The number of piperidine rings is 1. The number of nitrogens with zero attached hydrogens (tertiary/aromatic N) is 3. The summed E-state index contributed by atoms with van der Waals surface area (Å²) in [6.45, 7) is 3.29. The molecular formula is C22H27N3O3. The molecule has 0 atom stereocenters. The highest BCUT2D eigenvalue weighted by atomic mass is 16.3. The predicted octanol–water partition coefficient (Wildman–Crippen LogP) is 3.57. The van der Waals surface area contributed by atoms with Gasteiger partial charge in [-0.05, 0) is 62.6 Å². The van der Waals surface area contributed by atoms with E-state index in [9.17, 15) is 9.59 Å². The van der Waals surface area contributed by atoms with E-state index in [1.165, 1.54) is 0 Å². The molecule has 1 saturated carbocycles. The van der Waals surface area contributed by atoms with Crippen LogP contribution in [0.5, 0.6) is 0 Å². The van der Waals surface area contributed by atoms with Gasteiger partial charge in [0.2, 0.25) is 5.91 Å². The summed E-state index contributed by atoms with van der Waals surface area (Å²) in [7, 11) is 0. The molecule has 2 amide bonds. The van der Waals surface area contributed by atoms with Crippen LogP contribution < -0.4 is 0 Å². The molecule has 0 spiro atoms. The third-order valence-corrected chi connectivity index (χ3v) is 6.40. The van der Waals surface area contributed by atoms with Crippen LogP contribution in [0.25, 0.3) is 11.1 Å². The van der Waals surface area contributed by atoms with E-state index in [0.717, 1.165) is 81.7 Å². The normalized spacial score (nSPS) is 20.9. The highest BCUT2D eigenvalue weighted by Crippen LogP contribution is 2.40. The van der Waals surface area contributed by atoms with Gasteiger partial charge in [-0.3, -0.25) is 9.59 Å². The first-order valence-electron chi connectivity index (χ1n) is 10.6. The Balaban J connectivity index is 1.19. The van der Waals surface area contributed by atoms with Gasteiger partial charge in [-0.25, -0.2) is 4.98 Å². The minimum Gasteiger partial charge on any atom is -0.440 e. The number of rotatable bonds is 4. The Hall–Kier alpha value is -2.37. The lowest BCUT2D eigenvalue weighted by Gasteiger charge is -2.32. The molecule has 148 valence electrons. The summed E-state index contributed by atoms with van der Waals surface area (Å²) in [5.41, 5.74) is 2.21. The largest absolute Gasteiger partial charge is 0.440 e. The fourth-order valence-electron chi connectivity index (χ4n) is 4.45. The van der Waals surface area contributed by atoms with Crippen LogP contribution >= 0.6 is 0 Å². The van der Waals surface area contributed by atoms with E-state index in [1.807, 2.05) is 28.0 Å². The van der Waals surface area contributed by atoms with Crippen molar-refractivity contribution in [3.63, 3.8) is 0 Å². The highest BCUT2D eigenvalue weighted by Gasteiger charge is 2.30. The van der Waals surface area contributed by atoms with Crippen LogP contribution in [0.4, 0.5) is 0 Å². The van der Waals surface area contributed by atoms with Crippen LogP contribution in [0, 0.1) is 5.92 Å². The van der Waals surface area contributed by atoms with Crippen molar-refractivity contribution in [3.05, 3.63) is 29.7 Å². The van der Waals surface area contributed by atoms with Crippen molar-refractivity contribution < 1.29 is 14.0 Å². The number of hydrogen-bond acceptors (Lipinski definition) is 4. The standard InChI is InChI=1S/C22H27N3O3/c26-20(24-9-1-2-10-24)13-15-7-11-25(12-8-15)22(27)17-5-6-19-18(14-17)23-21(28-19)16-3-4-16/h5-6,14-16H,1-4,7-13H2. The summed E-state index contributed by atoms with van der Waals surface area (Å²) in [5, 5.41) is 0. The summed E-state index contributed by atoms with van der Waals surface area (Å²) in [6.07, 6.45) is 7.01. The van der Waals surface area contributed by atoms with Crippen LogP contribution in [-0.2, 0) is 4.79 Å². The van der Waals surface area contributed by atoms with Crippen molar-refractivity contribution in [3.8, 4) is 0 Å². The lowest BCUT2D eigenvalue weighted by Crippen LogP contribution is -2.40. The van der Waals surface area contributed by atoms with Gasteiger partial charge < -0.3 is 14.2 Å². The highest BCUT2D eigenvalue weighted by molar-refractivity contribution is 5.97. The first-order valence-corrected chi connectivity index (χ1v) is 10.6. The van der Waals surface area contributed by atoms with Crippen molar-refractivity contribution in [2.75, 3.05) is 26.2 Å². The Morgan fingerprint density at radius 1 is 1.00 bits per heavy atom. The zero-order chi connectivity index (χ0) is 19.1. The molecule has 2 aromatic rings. The molecular weight excluding hydrogens is 354 g/mol. The number of benzene rings is 1. The molecule has 2 aliphatic heterocycles. The Kier molecular flexibility index (Phi) is 4.57. The van der Waals surface area contributed by atoms with Gasteiger partial charge in [-0.2, -0.15) is 0 Å². The fraction of sp³-hybridized carbons (Fsp3) is 0.591. The fourth-order valence-corrected chi connectivity index (χ4v) is 4.45. The average Bonchev–Trinajstić information content (AvgIpc) is 3.25. The Morgan fingerprint density at radius 3 is 2.46 bits per heavy atom. The molecule has 1 aromatic carbocycles. The van der Waals surface area contributed by atoms with Gasteiger partial charge in [0.1, 0.15) is 5.52 Å². The maximum Gasteiger partial charge on any atom is 0.253 e. The Labute approximate surface area is 164 Å². The molecule has 6 nitrogen and oxygen atoms in total. The van der Waals surface area contributed by atoms with E-state index < -0.39 is 0 Å². The molecule has 2 saturated heterocycles. The van der Waals surface area contributed by atoms with Crippen LogP contribution in [0.2, 0.25) is 0 Å². The lowest BCUT2D eigenvalue weighted by molar-refractivity contribution is -0.131. The molecule has 1 aliphatic carbocycles. The number of amides is 2. The molecule has 0 radical (unpaired) electrons. The molecule has 3 heterocycles. The average molecular weight is 381 g/mol. The van der Waals surface area contributed by atoms with Crippen LogP contribution in [0.15, 0.2) is 22.6 Å². The second-order valence-corrected chi connectivity index (χ2v) is 8.54. The summed E-state index contributed by atoms with van der Waals surface area (Å²) < 4.78 is 5.79. The maximum atomic E-state index is 12.9. The van der Waals surface area contributed by atoms with Crippen molar-refractivity contribution in [2.24, 2.45) is 5.92 Å². The van der Waals surface area contributed by atoms with Crippen LogP contribution in [0.3, 0.4) is 0 Å². The molecule has 28 heavy (non-hydrogen) atoms. The van der Waals surface area contributed by atoms with E-state index >= 15 is 0 Å². The summed E-state index contributed by atoms with van der Waals surface area (Å²) in [4.78, 5) is 33.8. The molecule has 0 unspecified atom stereocenters. The van der Waals surface area contributed by atoms with Crippen LogP contribution in [-0.4, -0.2) is 52.8 Å². The molecule has 6 heteroatoms. The number of likely N-dealkylation sites (tertiary alicyclic amines) is 2. The maximum absolute atomic E-state index is 12.9. The molecule has 0 bridgehead atoms. The van der Waals surface area contributed by atoms with E-state index in [2.05, 4.69) is 4.98 Å². The van der Waals surface area contributed by atoms with E-state index in [-0.39, 0.29) is 5.91 Å². The number of fused-ring (bicyclic) bond motifs is 1. The molecule has 3 fully saturated rings. The smallest absolute Gasteiger partial charge is 0.253 e. The topological polar surface area (TPSA) is 66.7 Å². The zero-order valence-corrected chi connectivity index (χ0v) is 16.2. The van der Waals surface area contributed by atoms with Crippen molar-refractivity contribution in [2.45, 2.75) is 50.9 Å².